The number of carbonyl (C=O) groups excluding carboxylic acids is 1. The lowest BCUT2D eigenvalue weighted by atomic mass is 9.89. The van der Waals surface area contributed by atoms with E-state index in [1.807, 2.05) is 32.0 Å². The molecule has 0 saturated heterocycles. The van der Waals surface area contributed by atoms with E-state index in [1.165, 1.54) is 0 Å². The standard InChI is InChI=1S/C14H16O2/c1-9(16-4)10-5-6-11-8-14(2,3)13(15)12(11)7-10/h5-7H,1,8H2,2-4H3. The van der Waals surface area contributed by atoms with E-state index in [0.29, 0.717) is 5.76 Å². The molecule has 0 N–H and O–H groups in total. The number of benzene rings is 1. The van der Waals surface area contributed by atoms with E-state index >= 15 is 0 Å². The van der Waals surface area contributed by atoms with Crippen LogP contribution in [-0.4, -0.2) is 12.9 Å². The summed E-state index contributed by atoms with van der Waals surface area (Å²) in [5, 5.41) is 0. The lowest BCUT2D eigenvalue weighted by molar-refractivity contribution is 0.0863. The second kappa shape index (κ2) is 3.48. The van der Waals surface area contributed by atoms with Gasteiger partial charge in [-0.05, 0) is 18.1 Å². The fourth-order valence-corrected chi connectivity index (χ4v) is 2.15. The number of hydrogen-bond donors (Lipinski definition) is 0. The molecule has 0 fully saturated rings. The second-order valence-corrected chi connectivity index (χ2v) is 4.89. The molecule has 2 heteroatoms. The zero-order valence-electron chi connectivity index (χ0n) is 9.96. The van der Waals surface area contributed by atoms with Gasteiger partial charge in [0, 0.05) is 16.5 Å². The number of hydrogen-bond acceptors (Lipinski definition) is 2. The van der Waals surface area contributed by atoms with Crippen LogP contribution in [-0.2, 0) is 11.2 Å². The molecule has 1 aromatic carbocycles. The third kappa shape index (κ3) is 1.54. The predicted molar refractivity (Wildman–Crippen MR) is 64.3 cm³/mol. The van der Waals surface area contributed by atoms with Crippen molar-refractivity contribution in [2.75, 3.05) is 7.11 Å². The summed E-state index contributed by atoms with van der Waals surface area (Å²) < 4.78 is 5.08. The van der Waals surface area contributed by atoms with Crippen molar-refractivity contribution in [3.8, 4) is 0 Å². The highest BCUT2D eigenvalue weighted by Crippen LogP contribution is 2.37. The first-order valence-corrected chi connectivity index (χ1v) is 5.37. The Kier molecular flexibility index (Phi) is 2.38. The van der Waals surface area contributed by atoms with E-state index in [4.69, 9.17) is 4.74 Å². The van der Waals surface area contributed by atoms with Crippen LogP contribution in [0.1, 0.15) is 35.3 Å². The van der Waals surface area contributed by atoms with Crippen LogP contribution in [0.3, 0.4) is 0 Å². The quantitative estimate of drug-likeness (QED) is 0.710. The van der Waals surface area contributed by atoms with Crippen molar-refractivity contribution >= 4 is 11.5 Å². The van der Waals surface area contributed by atoms with E-state index in [1.54, 1.807) is 7.11 Å². The van der Waals surface area contributed by atoms with E-state index in [-0.39, 0.29) is 11.2 Å². The van der Waals surface area contributed by atoms with Gasteiger partial charge in [0.05, 0.1) is 7.11 Å². The third-order valence-electron chi connectivity index (χ3n) is 3.17. The fourth-order valence-electron chi connectivity index (χ4n) is 2.15. The summed E-state index contributed by atoms with van der Waals surface area (Å²) in [6.45, 7) is 7.77. The van der Waals surface area contributed by atoms with Gasteiger partial charge in [-0.15, -0.1) is 0 Å². The maximum absolute atomic E-state index is 12.1. The molecule has 0 bridgehead atoms. The summed E-state index contributed by atoms with van der Waals surface area (Å²) in [7, 11) is 1.58. The van der Waals surface area contributed by atoms with Gasteiger partial charge in [0.25, 0.3) is 0 Å². The van der Waals surface area contributed by atoms with Crippen LogP contribution in [0.25, 0.3) is 5.76 Å². The Hall–Kier alpha value is -1.57. The van der Waals surface area contributed by atoms with Gasteiger partial charge in [0.15, 0.2) is 5.78 Å². The second-order valence-electron chi connectivity index (χ2n) is 4.89. The lowest BCUT2D eigenvalue weighted by Gasteiger charge is -2.13. The number of methoxy groups -OCH3 is 1. The number of rotatable bonds is 2. The summed E-state index contributed by atoms with van der Waals surface area (Å²) in [4.78, 5) is 12.1. The monoisotopic (exact) mass is 216 g/mol. The normalized spacial score (nSPS) is 17.1. The molecule has 16 heavy (non-hydrogen) atoms. The first-order valence-electron chi connectivity index (χ1n) is 5.37. The van der Waals surface area contributed by atoms with Crippen LogP contribution in [0.4, 0.5) is 0 Å². The topological polar surface area (TPSA) is 26.3 Å². The molecule has 2 nitrogen and oxygen atoms in total. The third-order valence-corrected chi connectivity index (χ3v) is 3.17. The van der Waals surface area contributed by atoms with E-state index < -0.39 is 0 Å². The molecule has 0 radical (unpaired) electrons. The van der Waals surface area contributed by atoms with Crippen LogP contribution in [0, 0.1) is 5.41 Å². The van der Waals surface area contributed by atoms with Gasteiger partial charge in [-0.25, -0.2) is 0 Å². The van der Waals surface area contributed by atoms with E-state index in [2.05, 4.69) is 6.58 Å². The van der Waals surface area contributed by atoms with E-state index in [9.17, 15) is 4.79 Å². The molecule has 0 unspecified atom stereocenters. The van der Waals surface area contributed by atoms with Crippen LogP contribution >= 0.6 is 0 Å². The van der Waals surface area contributed by atoms with Crippen LogP contribution < -0.4 is 0 Å². The maximum Gasteiger partial charge on any atom is 0.169 e. The van der Waals surface area contributed by atoms with Gasteiger partial charge in [0.1, 0.15) is 5.76 Å². The van der Waals surface area contributed by atoms with Crippen molar-refractivity contribution in [2.45, 2.75) is 20.3 Å². The molecule has 0 saturated carbocycles. The van der Waals surface area contributed by atoms with E-state index in [0.717, 1.165) is 23.1 Å². The minimum Gasteiger partial charge on any atom is -0.497 e. The molecule has 1 aliphatic carbocycles. The molecule has 0 heterocycles. The Morgan fingerprint density at radius 2 is 2.12 bits per heavy atom. The molecule has 1 aromatic rings. The number of ketones is 1. The van der Waals surface area contributed by atoms with Gasteiger partial charge in [0.2, 0.25) is 0 Å². The number of fused-ring (bicyclic) bond motifs is 1. The van der Waals surface area contributed by atoms with Crippen molar-refractivity contribution in [1.82, 2.24) is 0 Å². The average Bonchev–Trinajstić information content (AvgIpc) is 2.48. The summed E-state index contributed by atoms with van der Waals surface area (Å²) >= 11 is 0. The number of Topliss-reactive ketones (excluding diaryl/α,β-unsaturated/α-hetero) is 1. The van der Waals surface area contributed by atoms with Gasteiger partial charge < -0.3 is 4.74 Å². The van der Waals surface area contributed by atoms with Gasteiger partial charge in [-0.1, -0.05) is 32.6 Å². The van der Waals surface area contributed by atoms with Crippen molar-refractivity contribution in [3.63, 3.8) is 0 Å². The Balaban J connectivity index is 2.47. The van der Waals surface area contributed by atoms with Gasteiger partial charge in [-0.2, -0.15) is 0 Å². The van der Waals surface area contributed by atoms with Crippen molar-refractivity contribution in [3.05, 3.63) is 41.5 Å². The molecule has 0 amide bonds. The fraction of sp³-hybridized carbons (Fsp3) is 0.357. The smallest absolute Gasteiger partial charge is 0.169 e. The lowest BCUT2D eigenvalue weighted by Crippen LogP contribution is -2.18. The summed E-state index contributed by atoms with van der Waals surface area (Å²) in [6, 6.07) is 5.85. The zero-order chi connectivity index (χ0) is 11.9. The maximum atomic E-state index is 12.1. The summed E-state index contributed by atoms with van der Waals surface area (Å²) in [5.74, 6) is 0.813. The highest BCUT2D eigenvalue weighted by Gasteiger charge is 2.37. The molecule has 2 rings (SSSR count). The van der Waals surface area contributed by atoms with Crippen molar-refractivity contribution in [2.24, 2.45) is 5.41 Å². The Labute approximate surface area is 95.9 Å². The minimum absolute atomic E-state index is 0.216. The summed E-state index contributed by atoms with van der Waals surface area (Å²) in [6.07, 6.45) is 0.820. The molecule has 0 spiro atoms. The molecular formula is C14H16O2. The highest BCUT2D eigenvalue weighted by molar-refractivity contribution is 6.04. The first kappa shape index (κ1) is 10.9. The molecule has 0 aliphatic heterocycles. The SMILES string of the molecule is C=C(OC)c1ccc2c(c1)C(=O)C(C)(C)C2. The zero-order valence-corrected chi connectivity index (χ0v) is 9.96. The molecule has 1 aliphatic rings. The Bertz CT molecular complexity index is 470. The highest BCUT2D eigenvalue weighted by atomic mass is 16.5. The van der Waals surface area contributed by atoms with Crippen LogP contribution in [0.2, 0.25) is 0 Å². The van der Waals surface area contributed by atoms with Crippen molar-refractivity contribution in [1.29, 1.82) is 0 Å². The number of carbonyl (C=O) groups is 1. The predicted octanol–water partition coefficient (Wildman–Crippen LogP) is 3.07. The molecule has 84 valence electrons. The average molecular weight is 216 g/mol. The summed E-state index contributed by atoms with van der Waals surface area (Å²) in [5.41, 5.74) is 2.56. The molecule has 0 atom stereocenters. The number of ether oxygens (including phenoxy) is 1. The van der Waals surface area contributed by atoms with Crippen LogP contribution in [0.15, 0.2) is 24.8 Å². The Morgan fingerprint density at radius 3 is 2.75 bits per heavy atom. The first-order chi connectivity index (χ1) is 7.45. The van der Waals surface area contributed by atoms with Crippen molar-refractivity contribution < 1.29 is 9.53 Å². The largest absolute Gasteiger partial charge is 0.497 e. The molecular weight excluding hydrogens is 200 g/mol. The minimum atomic E-state index is -0.268. The van der Waals surface area contributed by atoms with Gasteiger partial charge >= 0.3 is 0 Å². The van der Waals surface area contributed by atoms with Crippen LogP contribution in [0.5, 0.6) is 0 Å². The Morgan fingerprint density at radius 1 is 1.44 bits per heavy atom. The van der Waals surface area contributed by atoms with Gasteiger partial charge in [-0.3, -0.25) is 4.79 Å². The molecule has 0 aromatic heterocycles.